The first-order valence-electron chi connectivity index (χ1n) is 8.73. The van der Waals surface area contributed by atoms with Gasteiger partial charge in [0.2, 0.25) is 0 Å². The van der Waals surface area contributed by atoms with E-state index in [9.17, 15) is 14.9 Å². The van der Waals surface area contributed by atoms with Gasteiger partial charge in [-0.3, -0.25) is 10.1 Å². The number of ether oxygens (including phenoxy) is 1. The third kappa shape index (κ3) is 6.25. The zero-order chi connectivity index (χ0) is 20.5. The maximum atomic E-state index is 11.9. The lowest BCUT2D eigenvalue weighted by atomic mass is 10.2. The number of carbonyl (C=O) groups is 1. The highest BCUT2D eigenvalue weighted by atomic mass is 32.2. The molecule has 3 aromatic carbocycles. The Hall–Kier alpha value is -3.52. The summed E-state index contributed by atoms with van der Waals surface area (Å²) in [4.78, 5) is 22.6. The summed E-state index contributed by atoms with van der Waals surface area (Å²) >= 11 is 0.674. The SMILES string of the molecule is O=C(CNc1ccc(OCc2ccccc2)cc1)OSc1ccccc1[N+](=O)[O-]. The highest BCUT2D eigenvalue weighted by molar-refractivity contribution is 7.95. The van der Waals surface area contributed by atoms with Crippen molar-refractivity contribution in [1.82, 2.24) is 0 Å². The van der Waals surface area contributed by atoms with Crippen LogP contribution in [-0.2, 0) is 15.6 Å². The molecule has 0 aliphatic carbocycles. The molecule has 148 valence electrons. The molecular weight excluding hydrogens is 392 g/mol. The molecule has 0 atom stereocenters. The summed E-state index contributed by atoms with van der Waals surface area (Å²) < 4.78 is 10.8. The molecule has 0 radical (unpaired) electrons. The molecule has 3 rings (SSSR count). The van der Waals surface area contributed by atoms with Gasteiger partial charge in [-0.15, -0.1) is 0 Å². The minimum Gasteiger partial charge on any atom is -0.489 e. The average molecular weight is 410 g/mol. The Morgan fingerprint density at radius 1 is 0.966 bits per heavy atom. The predicted octanol–water partition coefficient (Wildman–Crippen LogP) is 4.84. The molecule has 3 aromatic rings. The van der Waals surface area contributed by atoms with E-state index in [1.807, 2.05) is 30.3 Å². The van der Waals surface area contributed by atoms with Crippen molar-refractivity contribution < 1.29 is 18.6 Å². The van der Waals surface area contributed by atoms with Crippen LogP contribution in [0.5, 0.6) is 5.75 Å². The van der Waals surface area contributed by atoms with Gasteiger partial charge in [-0.2, -0.15) is 0 Å². The van der Waals surface area contributed by atoms with E-state index in [1.165, 1.54) is 12.1 Å². The third-order valence-corrected chi connectivity index (χ3v) is 4.62. The summed E-state index contributed by atoms with van der Waals surface area (Å²) in [5.41, 5.74) is 1.70. The zero-order valence-electron chi connectivity index (χ0n) is 15.3. The van der Waals surface area contributed by atoms with Crippen LogP contribution in [0.15, 0.2) is 83.8 Å². The van der Waals surface area contributed by atoms with E-state index in [-0.39, 0.29) is 17.1 Å². The Labute approximate surface area is 172 Å². The van der Waals surface area contributed by atoms with Crippen LogP contribution in [0.1, 0.15) is 5.56 Å². The number of nitro groups is 1. The predicted molar refractivity (Wildman–Crippen MR) is 111 cm³/mol. The van der Waals surface area contributed by atoms with Gasteiger partial charge >= 0.3 is 5.97 Å². The molecule has 1 N–H and O–H groups in total. The van der Waals surface area contributed by atoms with E-state index >= 15 is 0 Å². The summed E-state index contributed by atoms with van der Waals surface area (Å²) in [5, 5.41) is 13.9. The lowest BCUT2D eigenvalue weighted by Gasteiger charge is -2.09. The van der Waals surface area contributed by atoms with E-state index in [4.69, 9.17) is 8.92 Å². The van der Waals surface area contributed by atoms with Crippen molar-refractivity contribution in [1.29, 1.82) is 0 Å². The molecular formula is C21H18N2O5S. The number of carbonyl (C=O) groups excluding carboxylic acids is 1. The number of benzene rings is 3. The molecule has 0 saturated carbocycles. The molecule has 0 amide bonds. The minimum absolute atomic E-state index is 0.0716. The van der Waals surface area contributed by atoms with Crippen LogP contribution in [0, 0.1) is 10.1 Å². The molecule has 0 bridgehead atoms. The summed E-state index contributed by atoms with van der Waals surface area (Å²) in [5.74, 6) is 0.173. The van der Waals surface area contributed by atoms with Gasteiger partial charge in [0.05, 0.1) is 4.92 Å². The number of hydrogen-bond donors (Lipinski definition) is 1. The Kier molecular flexibility index (Phi) is 7.07. The smallest absolute Gasteiger partial charge is 0.337 e. The summed E-state index contributed by atoms with van der Waals surface area (Å²) in [6.07, 6.45) is 0. The van der Waals surface area contributed by atoms with Crippen LogP contribution in [0.25, 0.3) is 0 Å². The third-order valence-electron chi connectivity index (χ3n) is 3.83. The highest BCUT2D eigenvalue weighted by Gasteiger charge is 2.15. The average Bonchev–Trinajstić information content (AvgIpc) is 2.76. The van der Waals surface area contributed by atoms with E-state index in [1.54, 1.807) is 36.4 Å². The monoisotopic (exact) mass is 410 g/mol. The standard InChI is InChI=1S/C21H18N2O5S/c24-21(28-29-20-9-5-4-8-19(20)23(25)26)14-22-17-10-12-18(13-11-17)27-15-16-6-2-1-3-7-16/h1-13,22H,14-15H2. The fourth-order valence-corrected chi connectivity index (χ4v) is 2.99. The van der Waals surface area contributed by atoms with E-state index in [0.29, 0.717) is 24.4 Å². The van der Waals surface area contributed by atoms with Gasteiger partial charge in [0.1, 0.15) is 35.8 Å². The molecule has 0 fully saturated rings. The fourth-order valence-electron chi connectivity index (χ4n) is 2.38. The number of nitro benzene ring substituents is 1. The molecule has 0 aromatic heterocycles. The van der Waals surface area contributed by atoms with Gasteiger partial charge in [0.25, 0.3) is 5.69 Å². The Bertz CT molecular complexity index is 964. The summed E-state index contributed by atoms with van der Waals surface area (Å²) in [6, 6.07) is 23.1. The molecule has 8 heteroatoms. The Morgan fingerprint density at radius 3 is 2.38 bits per heavy atom. The number of para-hydroxylation sites is 1. The van der Waals surface area contributed by atoms with Crippen LogP contribution in [0.2, 0.25) is 0 Å². The van der Waals surface area contributed by atoms with Gasteiger partial charge in [0, 0.05) is 11.8 Å². The normalized spacial score (nSPS) is 10.2. The molecule has 0 heterocycles. The maximum absolute atomic E-state index is 11.9. The fraction of sp³-hybridized carbons (Fsp3) is 0.0952. The van der Waals surface area contributed by atoms with E-state index < -0.39 is 10.9 Å². The Balaban J connectivity index is 1.44. The lowest BCUT2D eigenvalue weighted by molar-refractivity contribution is -0.387. The van der Waals surface area contributed by atoms with Crippen LogP contribution in [0.4, 0.5) is 11.4 Å². The van der Waals surface area contributed by atoms with Crippen LogP contribution >= 0.6 is 12.0 Å². The van der Waals surface area contributed by atoms with Crippen molar-refractivity contribution in [3.05, 3.63) is 94.5 Å². The zero-order valence-corrected chi connectivity index (χ0v) is 16.1. The van der Waals surface area contributed by atoms with Gasteiger partial charge in [-0.05, 0) is 35.9 Å². The topological polar surface area (TPSA) is 90.7 Å². The molecule has 29 heavy (non-hydrogen) atoms. The first-order chi connectivity index (χ1) is 14.1. The second kappa shape index (κ2) is 10.1. The van der Waals surface area contributed by atoms with Gasteiger partial charge in [-0.25, -0.2) is 4.79 Å². The van der Waals surface area contributed by atoms with Gasteiger partial charge in [-0.1, -0.05) is 42.5 Å². The first kappa shape index (κ1) is 20.2. The van der Waals surface area contributed by atoms with Crippen molar-refractivity contribution in [3.63, 3.8) is 0 Å². The van der Waals surface area contributed by atoms with Crippen molar-refractivity contribution in [3.8, 4) is 5.75 Å². The van der Waals surface area contributed by atoms with Crippen molar-refractivity contribution in [2.45, 2.75) is 11.5 Å². The molecule has 7 nitrogen and oxygen atoms in total. The number of nitrogens with one attached hydrogen (secondary N) is 1. The molecule has 0 aliphatic rings. The summed E-state index contributed by atoms with van der Waals surface area (Å²) in [7, 11) is 0. The number of anilines is 1. The first-order valence-corrected chi connectivity index (χ1v) is 9.47. The van der Waals surface area contributed by atoms with Crippen molar-refractivity contribution >= 4 is 29.4 Å². The van der Waals surface area contributed by atoms with E-state index in [2.05, 4.69) is 5.32 Å². The van der Waals surface area contributed by atoms with Crippen molar-refractivity contribution in [2.24, 2.45) is 0 Å². The van der Waals surface area contributed by atoms with Crippen LogP contribution < -0.4 is 10.1 Å². The lowest BCUT2D eigenvalue weighted by Crippen LogP contribution is -2.14. The number of hydrogen-bond acceptors (Lipinski definition) is 7. The molecule has 0 spiro atoms. The van der Waals surface area contributed by atoms with Gasteiger partial charge < -0.3 is 14.2 Å². The van der Waals surface area contributed by atoms with Crippen molar-refractivity contribution in [2.75, 3.05) is 11.9 Å². The second-order valence-electron chi connectivity index (χ2n) is 5.92. The second-order valence-corrected chi connectivity index (χ2v) is 6.69. The Morgan fingerprint density at radius 2 is 1.66 bits per heavy atom. The van der Waals surface area contributed by atoms with Crippen LogP contribution in [0.3, 0.4) is 0 Å². The van der Waals surface area contributed by atoms with Crippen LogP contribution in [-0.4, -0.2) is 17.4 Å². The van der Waals surface area contributed by atoms with E-state index in [0.717, 1.165) is 11.3 Å². The number of rotatable bonds is 9. The minimum atomic E-state index is -0.544. The highest BCUT2D eigenvalue weighted by Crippen LogP contribution is 2.29. The number of nitrogens with zero attached hydrogens (tertiary/aromatic N) is 1. The molecule has 0 saturated heterocycles. The summed E-state index contributed by atoms with van der Waals surface area (Å²) in [6.45, 7) is 0.403. The maximum Gasteiger partial charge on any atom is 0.337 e. The molecule has 0 aliphatic heterocycles. The van der Waals surface area contributed by atoms with Gasteiger partial charge in [0.15, 0.2) is 0 Å². The quantitative estimate of drug-likeness (QED) is 0.307. The largest absolute Gasteiger partial charge is 0.489 e. The molecule has 0 unspecified atom stereocenters.